The van der Waals surface area contributed by atoms with Gasteiger partial charge in [-0.2, -0.15) is 0 Å². The highest BCUT2D eigenvalue weighted by molar-refractivity contribution is 5.92. The van der Waals surface area contributed by atoms with Crippen LogP contribution in [-0.2, 0) is 16.1 Å². The van der Waals surface area contributed by atoms with E-state index in [-0.39, 0.29) is 18.2 Å². The van der Waals surface area contributed by atoms with Crippen LogP contribution in [0.3, 0.4) is 0 Å². The third kappa shape index (κ3) is 3.58. The van der Waals surface area contributed by atoms with Crippen molar-refractivity contribution >= 4 is 5.97 Å². The number of aliphatic hydroxyl groups excluding tert-OH is 1. The van der Waals surface area contributed by atoms with Crippen molar-refractivity contribution < 1.29 is 19.4 Å². The maximum absolute atomic E-state index is 11.8. The van der Waals surface area contributed by atoms with Crippen molar-refractivity contribution in [2.45, 2.75) is 51.4 Å². The van der Waals surface area contributed by atoms with Gasteiger partial charge in [0.15, 0.2) is 0 Å². The van der Waals surface area contributed by atoms with E-state index in [2.05, 4.69) is 0 Å². The molecular formula is C16H22O4. The van der Waals surface area contributed by atoms with Gasteiger partial charge in [-0.15, -0.1) is 0 Å². The van der Waals surface area contributed by atoms with E-state index in [1.54, 1.807) is 0 Å². The molecular weight excluding hydrogens is 256 g/mol. The molecule has 1 saturated carbocycles. The van der Waals surface area contributed by atoms with Crippen molar-refractivity contribution in [3.63, 3.8) is 0 Å². The molecule has 1 aliphatic rings. The van der Waals surface area contributed by atoms with Gasteiger partial charge in [0.25, 0.3) is 0 Å². The van der Waals surface area contributed by atoms with E-state index in [4.69, 9.17) is 9.47 Å². The van der Waals surface area contributed by atoms with E-state index in [1.807, 2.05) is 25.1 Å². The predicted molar refractivity (Wildman–Crippen MR) is 75.6 cm³/mol. The minimum Gasteiger partial charge on any atom is -0.465 e. The molecule has 4 heteroatoms. The molecule has 110 valence electrons. The van der Waals surface area contributed by atoms with Gasteiger partial charge in [-0.25, -0.2) is 4.79 Å². The summed E-state index contributed by atoms with van der Waals surface area (Å²) >= 11 is 0. The van der Waals surface area contributed by atoms with Crippen LogP contribution in [0, 0.1) is 6.92 Å². The molecule has 1 aromatic carbocycles. The molecule has 1 N–H and O–H groups in total. The molecule has 1 fully saturated rings. The number of aryl methyl sites for hydroxylation is 1. The van der Waals surface area contributed by atoms with Crippen molar-refractivity contribution in [2.75, 3.05) is 7.11 Å². The number of carbonyl (C=O) groups is 1. The second-order valence-corrected chi connectivity index (χ2v) is 5.35. The lowest BCUT2D eigenvalue weighted by Gasteiger charge is -2.26. The van der Waals surface area contributed by atoms with Crippen LogP contribution < -0.4 is 0 Å². The summed E-state index contributed by atoms with van der Waals surface area (Å²) in [7, 11) is 1.39. The Morgan fingerprint density at radius 1 is 1.40 bits per heavy atom. The number of hydrogen-bond donors (Lipinski definition) is 1. The Labute approximate surface area is 119 Å². The summed E-state index contributed by atoms with van der Waals surface area (Å²) in [4.78, 5) is 11.8. The third-order valence-corrected chi connectivity index (χ3v) is 3.82. The van der Waals surface area contributed by atoms with Crippen molar-refractivity contribution in [2.24, 2.45) is 0 Å². The van der Waals surface area contributed by atoms with Crippen LogP contribution in [0.2, 0.25) is 0 Å². The molecule has 1 aromatic rings. The fourth-order valence-corrected chi connectivity index (χ4v) is 2.72. The molecule has 0 radical (unpaired) electrons. The number of ether oxygens (including phenoxy) is 2. The summed E-state index contributed by atoms with van der Waals surface area (Å²) in [5, 5.41) is 9.65. The van der Waals surface area contributed by atoms with Crippen LogP contribution in [0.4, 0.5) is 0 Å². The molecule has 0 amide bonds. The van der Waals surface area contributed by atoms with Gasteiger partial charge in [0.1, 0.15) is 0 Å². The minimum absolute atomic E-state index is 0.0739. The van der Waals surface area contributed by atoms with Crippen molar-refractivity contribution in [1.29, 1.82) is 0 Å². The Morgan fingerprint density at radius 2 is 2.20 bits per heavy atom. The van der Waals surface area contributed by atoms with E-state index in [0.29, 0.717) is 18.6 Å². The quantitative estimate of drug-likeness (QED) is 0.860. The van der Waals surface area contributed by atoms with Crippen LogP contribution >= 0.6 is 0 Å². The number of hydrogen-bond acceptors (Lipinski definition) is 4. The maximum atomic E-state index is 11.8. The first kappa shape index (κ1) is 15.0. The first-order chi connectivity index (χ1) is 9.61. The average Bonchev–Trinajstić information content (AvgIpc) is 2.44. The Hall–Kier alpha value is -1.39. The summed E-state index contributed by atoms with van der Waals surface area (Å²) in [6, 6.07) is 5.69. The molecule has 1 aliphatic carbocycles. The average molecular weight is 278 g/mol. The van der Waals surface area contributed by atoms with E-state index >= 15 is 0 Å². The molecule has 0 spiro atoms. The van der Waals surface area contributed by atoms with Gasteiger partial charge in [-0.3, -0.25) is 0 Å². The number of esters is 1. The predicted octanol–water partition coefficient (Wildman–Crippen LogP) is 2.60. The number of rotatable bonds is 4. The largest absolute Gasteiger partial charge is 0.465 e. The van der Waals surface area contributed by atoms with Crippen LogP contribution in [-0.4, -0.2) is 30.4 Å². The summed E-state index contributed by atoms with van der Waals surface area (Å²) in [5.74, 6) is -0.328. The van der Waals surface area contributed by atoms with Gasteiger partial charge in [0.2, 0.25) is 0 Å². The zero-order chi connectivity index (χ0) is 14.5. The van der Waals surface area contributed by atoms with Gasteiger partial charge in [-0.1, -0.05) is 18.2 Å². The summed E-state index contributed by atoms with van der Waals surface area (Å²) in [6.45, 7) is 2.27. The molecule has 0 saturated heterocycles. The lowest BCUT2D eigenvalue weighted by Crippen LogP contribution is -2.26. The molecule has 20 heavy (non-hydrogen) atoms. The highest BCUT2D eigenvalue weighted by atomic mass is 16.5. The van der Waals surface area contributed by atoms with E-state index < -0.39 is 0 Å². The van der Waals surface area contributed by atoms with E-state index in [1.165, 1.54) is 7.11 Å². The fraction of sp³-hybridized carbons (Fsp3) is 0.562. The zero-order valence-electron chi connectivity index (χ0n) is 12.1. The summed E-state index contributed by atoms with van der Waals surface area (Å²) < 4.78 is 10.7. The Morgan fingerprint density at radius 3 is 2.90 bits per heavy atom. The number of carbonyl (C=O) groups excluding carboxylic acids is 1. The van der Waals surface area contributed by atoms with Crippen LogP contribution in [0.15, 0.2) is 18.2 Å². The summed E-state index contributed by atoms with van der Waals surface area (Å²) in [5.41, 5.74) is 2.32. The Balaban J connectivity index is 2.05. The fourth-order valence-electron chi connectivity index (χ4n) is 2.72. The second kappa shape index (κ2) is 6.86. The second-order valence-electron chi connectivity index (χ2n) is 5.35. The molecule has 0 aliphatic heterocycles. The monoisotopic (exact) mass is 278 g/mol. The SMILES string of the molecule is COC(=O)c1c(C)cccc1CO[C@@H]1CCC[C@H](O)C1. The number of benzene rings is 1. The highest BCUT2D eigenvalue weighted by Gasteiger charge is 2.22. The minimum atomic E-state index is -0.328. The first-order valence-corrected chi connectivity index (χ1v) is 7.08. The lowest BCUT2D eigenvalue weighted by molar-refractivity contribution is -0.0232. The number of aliphatic hydroxyl groups is 1. The normalized spacial score (nSPS) is 22.6. The van der Waals surface area contributed by atoms with Gasteiger partial charge >= 0.3 is 5.97 Å². The van der Waals surface area contributed by atoms with Crippen molar-refractivity contribution in [3.8, 4) is 0 Å². The van der Waals surface area contributed by atoms with Crippen LogP contribution in [0.5, 0.6) is 0 Å². The van der Waals surface area contributed by atoms with Gasteiger partial charge < -0.3 is 14.6 Å². The topological polar surface area (TPSA) is 55.8 Å². The molecule has 0 heterocycles. The molecule has 2 rings (SSSR count). The highest BCUT2D eigenvalue weighted by Crippen LogP contribution is 2.23. The molecule has 0 unspecified atom stereocenters. The molecule has 0 aromatic heterocycles. The first-order valence-electron chi connectivity index (χ1n) is 7.08. The van der Waals surface area contributed by atoms with Crippen molar-refractivity contribution in [3.05, 3.63) is 34.9 Å². The van der Waals surface area contributed by atoms with Gasteiger partial charge in [0.05, 0.1) is 31.5 Å². The summed E-state index contributed by atoms with van der Waals surface area (Å²) in [6.07, 6.45) is 3.31. The smallest absolute Gasteiger partial charge is 0.338 e. The lowest BCUT2D eigenvalue weighted by atomic mass is 9.95. The maximum Gasteiger partial charge on any atom is 0.338 e. The van der Waals surface area contributed by atoms with Gasteiger partial charge in [-0.05, 0) is 43.7 Å². The zero-order valence-corrected chi connectivity index (χ0v) is 12.1. The van der Waals surface area contributed by atoms with Gasteiger partial charge in [0, 0.05) is 0 Å². The van der Waals surface area contributed by atoms with E-state index in [9.17, 15) is 9.90 Å². The van der Waals surface area contributed by atoms with E-state index in [0.717, 1.165) is 30.4 Å². The van der Waals surface area contributed by atoms with Crippen LogP contribution in [0.25, 0.3) is 0 Å². The third-order valence-electron chi connectivity index (χ3n) is 3.82. The van der Waals surface area contributed by atoms with Crippen LogP contribution in [0.1, 0.15) is 47.2 Å². The molecule has 2 atom stereocenters. The van der Waals surface area contributed by atoms with Crippen molar-refractivity contribution in [1.82, 2.24) is 0 Å². The molecule has 0 bridgehead atoms. The Bertz CT molecular complexity index is 470. The number of methoxy groups -OCH3 is 1. The standard InChI is InChI=1S/C16H22O4/c1-11-5-3-6-12(15(11)16(18)19-2)10-20-14-8-4-7-13(17)9-14/h3,5-6,13-14,17H,4,7-10H2,1-2H3/t13-,14+/m0/s1. The molecule has 4 nitrogen and oxygen atoms in total. The Kier molecular flexibility index (Phi) is 5.15.